The molecule has 0 aliphatic carbocycles. The zero-order valence-corrected chi connectivity index (χ0v) is 9.72. The second-order valence-corrected chi connectivity index (χ2v) is 3.96. The van der Waals surface area contributed by atoms with Gasteiger partial charge >= 0.3 is 0 Å². The van der Waals surface area contributed by atoms with Crippen molar-refractivity contribution in [3.8, 4) is 0 Å². The van der Waals surface area contributed by atoms with Crippen molar-refractivity contribution >= 4 is 0 Å². The van der Waals surface area contributed by atoms with Crippen LogP contribution < -0.4 is 5.32 Å². The van der Waals surface area contributed by atoms with Crippen LogP contribution in [0.25, 0.3) is 0 Å². The van der Waals surface area contributed by atoms with Gasteiger partial charge in [0.1, 0.15) is 12.2 Å². The molecule has 2 heterocycles. The van der Waals surface area contributed by atoms with Gasteiger partial charge in [-0.15, -0.1) is 10.2 Å². The van der Waals surface area contributed by atoms with Crippen LogP contribution in [0.1, 0.15) is 5.82 Å². The van der Waals surface area contributed by atoms with E-state index in [1.54, 1.807) is 13.4 Å². The number of rotatable bonds is 5. The van der Waals surface area contributed by atoms with E-state index in [-0.39, 0.29) is 0 Å². The summed E-state index contributed by atoms with van der Waals surface area (Å²) in [5, 5.41) is 11.5. The van der Waals surface area contributed by atoms with Crippen LogP contribution in [0.15, 0.2) is 6.33 Å². The van der Waals surface area contributed by atoms with Crippen LogP contribution in [0.4, 0.5) is 0 Å². The maximum atomic E-state index is 5.06. The minimum atomic E-state index is 0.701. The van der Waals surface area contributed by atoms with Gasteiger partial charge in [-0.1, -0.05) is 0 Å². The zero-order chi connectivity index (χ0) is 11.2. The van der Waals surface area contributed by atoms with Gasteiger partial charge in [0.25, 0.3) is 0 Å². The van der Waals surface area contributed by atoms with E-state index in [0.717, 1.165) is 45.1 Å². The van der Waals surface area contributed by atoms with Gasteiger partial charge in [-0.2, -0.15) is 0 Å². The molecule has 0 radical (unpaired) electrons. The molecule has 1 saturated heterocycles. The first kappa shape index (κ1) is 11.5. The standard InChI is InChI=1S/C10H19N5O/c1-16-7-6-15-9-12-13-10(15)8-14-4-2-11-3-5-14/h9,11H,2-8H2,1H3. The average Bonchev–Trinajstić information content (AvgIpc) is 2.75. The molecule has 1 aliphatic rings. The van der Waals surface area contributed by atoms with Crippen molar-refractivity contribution in [3.63, 3.8) is 0 Å². The van der Waals surface area contributed by atoms with Crippen LogP contribution in [0, 0.1) is 0 Å². The normalized spacial score (nSPS) is 17.8. The van der Waals surface area contributed by atoms with Crippen LogP contribution in [0.2, 0.25) is 0 Å². The number of nitrogens with one attached hydrogen (secondary N) is 1. The largest absolute Gasteiger partial charge is 0.383 e. The summed E-state index contributed by atoms with van der Waals surface area (Å²) in [4.78, 5) is 2.39. The molecule has 0 saturated carbocycles. The molecule has 0 amide bonds. The van der Waals surface area contributed by atoms with E-state index >= 15 is 0 Å². The number of nitrogens with zero attached hydrogens (tertiary/aromatic N) is 4. The minimum Gasteiger partial charge on any atom is -0.383 e. The Bertz CT molecular complexity index is 308. The van der Waals surface area contributed by atoms with Crippen molar-refractivity contribution in [1.29, 1.82) is 0 Å². The summed E-state index contributed by atoms with van der Waals surface area (Å²) >= 11 is 0. The molecule has 90 valence electrons. The van der Waals surface area contributed by atoms with Gasteiger partial charge in [0.15, 0.2) is 0 Å². The second kappa shape index (κ2) is 5.93. The van der Waals surface area contributed by atoms with E-state index in [9.17, 15) is 0 Å². The van der Waals surface area contributed by atoms with E-state index in [1.165, 1.54) is 0 Å². The number of hydrogen-bond donors (Lipinski definition) is 1. The number of aromatic nitrogens is 3. The van der Waals surface area contributed by atoms with Crippen molar-refractivity contribution in [3.05, 3.63) is 12.2 Å². The molecule has 1 fully saturated rings. The monoisotopic (exact) mass is 225 g/mol. The molecule has 16 heavy (non-hydrogen) atoms. The Kier molecular flexibility index (Phi) is 4.26. The Morgan fingerprint density at radius 2 is 2.25 bits per heavy atom. The highest BCUT2D eigenvalue weighted by Gasteiger charge is 2.13. The molecule has 0 bridgehead atoms. The Hall–Kier alpha value is -0.980. The highest BCUT2D eigenvalue weighted by Crippen LogP contribution is 2.02. The van der Waals surface area contributed by atoms with E-state index in [1.807, 2.05) is 0 Å². The van der Waals surface area contributed by atoms with Crippen molar-refractivity contribution in [1.82, 2.24) is 25.0 Å². The van der Waals surface area contributed by atoms with E-state index in [4.69, 9.17) is 4.74 Å². The summed E-state index contributed by atoms with van der Waals surface area (Å²) in [6.07, 6.45) is 1.77. The van der Waals surface area contributed by atoms with Crippen LogP contribution in [0.3, 0.4) is 0 Å². The van der Waals surface area contributed by atoms with Crippen molar-refractivity contribution < 1.29 is 4.74 Å². The predicted molar refractivity (Wildman–Crippen MR) is 60.0 cm³/mol. The number of methoxy groups -OCH3 is 1. The van der Waals surface area contributed by atoms with Gasteiger partial charge in [0.2, 0.25) is 0 Å². The summed E-state index contributed by atoms with van der Waals surface area (Å²) < 4.78 is 7.12. The summed E-state index contributed by atoms with van der Waals surface area (Å²) in [6, 6.07) is 0. The second-order valence-electron chi connectivity index (χ2n) is 3.96. The fraction of sp³-hybridized carbons (Fsp3) is 0.800. The average molecular weight is 225 g/mol. The van der Waals surface area contributed by atoms with Gasteiger partial charge in [0.05, 0.1) is 13.2 Å². The number of ether oxygens (including phenoxy) is 1. The lowest BCUT2D eigenvalue weighted by atomic mass is 10.3. The summed E-state index contributed by atoms with van der Waals surface area (Å²) in [6.45, 7) is 6.69. The van der Waals surface area contributed by atoms with Gasteiger partial charge in [-0.05, 0) is 0 Å². The van der Waals surface area contributed by atoms with Crippen molar-refractivity contribution in [2.24, 2.45) is 0 Å². The van der Waals surface area contributed by atoms with Gasteiger partial charge < -0.3 is 14.6 Å². The predicted octanol–water partition coefficient (Wildman–Crippen LogP) is -0.670. The third-order valence-corrected chi connectivity index (χ3v) is 2.81. The maximum absolute atomic E-state index is 5.06. The maximum Gasteiger partial charge on any atom is 0.147 e. The Morgan fingerprint density at radius 1 is 1.44 bits per heavy atom. The molecular formula is C10H19N5O. The van der Waals surface area contributed by atoms with E-state index in [0.29, 0.717) is 6.61 Å². The zero-order valence-electron chi connectivity index (χ0n) is 9.72. The van der Waals surface area contributed by atoms with Crippen LogP contribution in [-0.4, -0.2) is 59.6 Å². The summed E-state index contributed by atoms with van der Waals surface area (Å²) in [7, 11) is 1.71. The summed E-state index contributed by atoms with van der Waals surface area (Å²) in [5.41, 5.74) is 0. The first-order valence-corrected chi connectivity index (χ1v) is 5.69. The molecule has 1 aromatic heterocycles. The highest BCUT2D eigenvalue weighted by molar-refractivity contribution is 4.87. The van der Waals surface area contributed by atoms with Crippen LogP contribution in [0.5, 0.6) is 0 Å². The number of hydrogen-bond acceptors (Lipinski definition) is 5. The fourth-order valence-electron chi connectivity index (χ4n) is 1.85. The van der Waals surface area contributed by atoms with Crippen molar-refractivity contribution in [2.45, 2.75) is 13.1 Å². The minimum absolute atomic E-state index is 0.701. The SMILES string of the molecule is COCCn1cnnc1CN1CCNCC1. The fourth-order valence-corrected chi connectivity index (χ4v) is 1.85. The Morgan fingerprint density at radius 3 is 3.00 bits per heavy atom. The molecule has 6 heteroatoms. The molecule has 0 atom stereocenters. The van der Waals surface area contributed by atoms with Crippen molar-refractivity contribution in [2.75, 3.05) is 39.9 Å². The third kappa shape index (κ3) is 3.01. The lowest BCUT2D eigenvalue weighted by molar-refractivity contribution is 0.182. The van der Waals surface area contributed by atoms with Crippen LogP contribution in [-0.2, 0) is 17.8 Å². The molecule has 1 aromatic rings. The molecule has 6 nitrogen and oxygen atoms in total. The first-order valence-electron chi connectivity index (χ1n) is 5.69. The lowest BCUT2D eigenvalue weighted by Crippen LogP contribution is -2.43. The quantitative estimate of drug-likeness (QED) is 0.720. The molecule has 1 aliphatic heterocycles. The topological polar surface area (TPSA) is 55.2 Å². The smallest absolute Gasteiger partial charge is 0.147 e. The van der Waals surface area contributed by atoms with E-state index in [2.05, 4.69) is 25.0 Å². The first-order chi connectivity index (χ1) is 7.90. The number of piperazine rings is 1. The molecule has 0 aromatic carbocycles. The Labute approximate surface area is 95.6 Å². The molecule has 0 unspecified atom stereocenters. The van der Waals surface area contributed by atoms with Gasteiger partial charge in [0, 0.05) is 39.8 Å². The highest BCUT2D eigenvalue weighted by atomic mass is 16.5. The van der Waals surface area contributed by atoms with E-state index < -0.39 is 0 Å². The van der Waals surface area contributed by atoms with Gasteiger partial charge in [-0.3, -0.25) is 4.90 Å². The van der Waals surface area contributed by atoms with Crippen LogP contribution >= 0.6 is 0 Å². The molecule has 0 spiro atoms. The molecule has 2 rings (SSSR count). The van der Waals surface area contributed by atoms with Gasteiger partial charge in [-0.25, -0.2) is 0 Å². The third-order valence-electron chi connectivity index (χ3n) is 2.81. The lowest BCUT2D eigenvalue weighted by Gasteiger charge is -2.26. The summed E-state index contributed by atoms with van der Waals surface area (Å²) in [5.74, 6) is 1.03. The Balaban J connectivity index is 1.89. The molecule has 1 N–H and O–H groups in total. The molecular weight excluding hydrogens is 206 g/mol.